The Kier molecular flexibility index (Phi) is 6.47. The van der Waals surface area contributed by atoms with Crippen molar-refractivity contribution in [1.82, 2.24) is 14.7 Å². The number of halogens is 2. The van der Waals surface area contributed by atoms with Crippen LogP contribution in [0.15, 0.2) is 6.20 Å². The number of rotatable bonds is 7. The lowest BCUT2D eigenvalue weighted by atomic mass is 10.2. The zero-order valence-corrected chi connectivity index (χ0v) is 13.8. The topological polar surface area (TPSA) is 58.4 Å². The van der Waals surface area contributed by atoms with Gasteiger partial charge in [-0.05, 0) is 26.7 Å². The highest BCUT2D eigenvalue weighted by molar-refractivity contribution is 5.94. The highest BCUT2D eigenvalue weighted by Gasteiger charge is 2.29. The van der Waals surface area contributed by atoms with Gasteiger partial charge in [0, 0.05) is 25.3 Å². The molecule has 0 saturated heterocycles. The molecule has 1 atom stereocenters. The van der Waals surface area contributed by atoms with Crippen LogP contribution in [0.5, 0.6) is 0 Å². The SMILES string of the molecule is CC(C)Cn1cc(C(F)F)c(C(=O)N(CC(C)O)C(C)C)n1. The molecule has 0 radical (unpaired) electrons. The van der Waals surface area contributed by atoms with E-state index in [1.54, 1.807) is 20.8 Å². The Morgan fingerprint density at radius 1 is 1.32 bits per heavy atom. The van der Waals surface area contributed by atoms with Gasteiger partial charge < -0.3 is 10.0 Å². The van der Waals surface area contributed by atoms with Crippen molar-refractivity contribution in [2.75, 3.05) is 6.54 Å². The van der Waals surface area contributed by atoms with Crippen LogP contribution in [0.25, 0.3) is 0 Å². The normalized spacial score (nSPS) is 13.2. The Bertz CT molecular complexity index is 499. The van der Waals surface area contributed by atoms with Crippen LogP contribution in [0.3, 0.4) is 0 Å². The van der Waals surface area contributed by atoms with E-state index in [0.717, 1.165) is 0 Å². The summed E-state index contributed by atoms with van der Waals surface area (Å²) in [6, 6.07) is -0.220. The predicted molar refractivity (Wildman–Crippen MR) is 79.9 cm³/mol. The number of carbonyl (C=O) groups excluding carboxylic acids is 1. The maximum atomic E-state index is 13.2. The molecule has 0 saturated carbocycles. The molecule has 1 N–H and O–H groups in total. The van der Waals surface area contributed by atoms with Gasteiger partial charge in [0.25, 0.3) is 12.3 Å². The summed E-state index contributed by atoms with van der Waals surface area (Å²) in [4.78, 5) is 13.9. The van der Waals surface area contributed by atoms with Crippen LogP contribution in [0.1, 0.15) is 57.1 Å². The Morgan fingerprint density at radius 2 is 1.91 bits per heavy atom. The molecule has 1 amide bonds. The van der Waals surface area contributed by atoms with Crippen molar-refractivity contribution < 1.29 is 18.7 Å². The van der Waals surface area contributed by atoms with E-state index in [9.17, 15) is 18.7 Å². The Labute approximate surface area is 129 Å². The van der Waals surface area contributed by atoms with Gasteiger partial charge in [-0.2, -0.15) is 5.10 Å². The smallest absolute Gasteiger partial charge is 0.275 e. The first-order valence-electron chi connectivity index (χ1n) is 7.48. The average Bonchev–Trinajstić information content (AvgIpc) is 2.77. The fraction of sp³-hybridized carbons (Fsp3) is 0.733. The Morgan fingerprint density at radius 3 is 2.32 bits per heavy atom. The van der Waals surface area contributed by atoms with Crippen LogP contribution in [0.2, 0.25) is 0 Å². The Hall–Kier alpha value is -1.50. The molecule has 0 aliphatic rings. The first kappa shape index (κ1) is 18.5. The van der Waals surface area contributed by atoms with Gasteiger partial charge in [0.1, 0.15) is 0 Å². The fourth-order valence-electron chi connectivity index (χ4n) is 2.18. The minimum atomic E-state index is -2.76. The third-order valence-corrected chi connectivity index (χ3v) is 3.12. The summed E-state index contributed by atoms with van der Waals surface area (Å²) < 4.78 is 27.8. The van der Waals surface area contributed by atoms with Crippen LogP contribution >= 0.6 is 0 Å². The molecule has 1 aromatic rings. The zero-order chi connectivity index (χ0) is 17.0. The second-order valence-corrected chi connectivity index (χ2v) is 6.25. The van der Waals surface area contributed by atoms with Gasteiger partial charge >= 0.3 is 0 Å². The number of nitrogens with zero attached hydrogens (tertiary/aromatic N) is 3. The second kappa shape index (κ2) is 7.67. The highest BCUT2D eigenvalue weighted by atomic mass is 19.3. The summed E-state index contributed by atoms with van der Waals surface area (Å²) in [5.41, 5.74) is -0.591. The van der Waals surface area contributed by atoms with Crippen molar-refractivity contribution in [3.63, 3.8) is 0 Å². The number of aliphatic hydroxyl groups is 1. The molecular formula is C15H25F2N3O2. The standard InChI is InChI=1S/C15H25F2N3O2/c1-9(2)6-19-8-12(14(16)17)13(18-19)15(22)20(10(3)4)7-11(5)21/h8-11,14,21H,6-7H2,1-5H3. The maximum absolute atomic E-state index is 13.2. The van der Waals surface area contributed by atoms with Gasteiger partial charge in [0.05, 0.1) is 11.7 Å². The van der Waals surface area contributed by atoms with Crippen LogP contribution in [0, 0.1) is 5.92 Å². The van der Waals surface area contributed by atoms with E-state index in [4.69, 9.17) is 0 Å². The monoisotopic (exact) mass is 317 g/mol. The number of hydrogen-bond acceptors (Lipinski definition) is 3. The molecule has 7 heteroatoms. The molecule has 0 aliphatic carbocycles. The average molecular weight is 317 g/mol. The van der Waals surface area contributed by atoms with Crippen LogP contribution in [-0.2, 0) is 6.54 Å². The van der Waals surface area contributed by atoms with Crippen molar-refractivity contribution in [3.05, 3.63) is 17.5 Å². The van der Waals surface area contributed by atoms with E-state index in [0.29, 0.717) is 6.54 Å². The first-order chi connectivity index (χ1) is 10.1. The van der Waals surface area contributed by atoms with Gasteiger partial charge in [-0.15, -0.1) is 0 Å². The lowest BCUT2D eigenvalue weighted by Crippen LogP contribution is -2.42. The number of alkyl halides is 2. The predicted octanol–water partition coefficient (Wildman–Crippen LogP) is 2.71. The highest BCUT2D eigenvalue weighted by Crippen LogP contribution is 2.24. The van der Waals surface area contributed by atoms with E-state index in [1.165, 1.54) is 15.8 Å². The molecule has 0 aromatic carbocycles. The van der Waals surface area contributed by atoms with E-state index in [-0.39, 0.29) is 29.8 Å². The van der Waals surface area contributed by atoms with Gasteiger partial charge in [0.15, 0.2) is 5.69 Å². The minimum absolute atomic E-state index is 0.0796. The molecule has 1 rings (SSSR count). The van der Waals surface area contributed by atoms with Crippen LogP contribution < -0.4 is 0 Å². The third-order valence-electron chi connectivity index (χ3n) is 3.12. The maximum Gasteiger partial charge on any atom is 0.275 e. The van der Waals surface area contributed by atoms with E-state index in [1.807, 2.05) is 13.8 Å². The molecule has 0 aliphatic heterocycles. The molecule has 0 spiro atoms. The molecule has 1 unspecified atom stereocenters. The Balaban J connectivity index is 3.15. The molecule has 0 fully saturated rings. The molecule has 5 nitrogen and oxygen atoms in total. The van der Waals surface area contributed by atoms with Crippen molar-refractivity contribution in [2.45, 2.75) is 59.7 Å². The summed E-state index contributed by atoms with van der Waals surface area (Å²) >= 11 is 0. The molecule has 1 aromatic heterocycles. The number of hydrogen-bond donors (Lipinski definition) is 1. The summed E-state index contributed by atoms with van der Waals surface area (Å²) in [5.74, 6) is -0.347. The summed E-state index contributed by atoms with van der Waals surface area (Å²) in [6.07, 6.45) is -2.27. The molecule has 22 heavy (non-hydrogen) atoms. The van der Waals surface area contributed by atoms with Gasteiger partial charge in [-0.3, -0.25) is 9.48 Å². The van der Waals surface area contributed by atoms with Crippen molar-refractivity contribution >= 4 is 5.91 Å². The van der Waals surface area contributed by atoms with Gasteiger partial charge in [0.2, 0.25) is 0 Å². The summed E-state index contributed by atoms with van der Waals surface area (Å²) in [7, 11) is 0. The molecule has 0 bridgehead atoms. The van der Waals surface area contributed by atoms with Crippen LogP contribution in [0.4, 0.5) is 8.78 Å². The van der Waals surface area contributed by atoms with E-state index in [2.05, 4.69) is 5.10 Å². The van der Waals surface area contributed by atoms with Crippen LogP contribution in [-0.4, -0.2) is 44.4 Å². The minimum Gasteiger partial charge on any atom is -0.392 e. The third kappa shape index (κ3) is 4.76. The van der Waals surface area contributed by atoms with Crippen molar-refractivity contribution in [2.24, 2.45) is 5.92 Å². The van der Waals surface area contributed by atoms with E-state index < -0.39 is 18.4 Å². The van der Waals surface area contributed by atoms with Gasteiger partial charge in [-0.25, -0.2) is 8.78 Å². The summed E-state index contributed by atoms with van der Waals surface area (Å²) in [5, 5.41) is 13.5. The molecule has 126 valence electrons. The fourth-order valence-corrected chi connectivity index (χ4v) is 2.18. The number of aromatic nitrogens is 2. The number of aliphatic hydroxyl groups excluding tert-OH is 1. The number of carbonyl (C=O) groups is 1. The lowest BCUT2D eigenvalue weighted by molar-refractivity contribution is 0.0563. The van der Waals surface area contributed by atoms with Crippen molar-refractivity contribution in [1.29, 1.82) is 0 Å². The second-order valence-electron chi connectivity index (χ2n) is 6.25. The first-order valence-corrected chi connectivity index (χ1v) is 7.48. The zero-order valence-electron chi connectivity index (χ0n) is 13.8. The molecular weight excluding hydrogens is 292 g/mol. The van der Waals surface area contributed by atoms with Crippen molar-refractivity contribution in [3.8, 4) is 0 Å². The van der Waals surface area contributed by atoms with Gasteiger partial charge in [-0.1, -0.05) is 13.8 Å². The molecule has 1 heterocycles. The quantitative estimate of drug-likeness (QED) is 0.841. The lowest BCUT2D eigenvalue weighted by Gasteiger charge is -2.27. The number of amides is 1. The summed E-state index contributed by atoms with van der Waals surface area (Å²) in [6.45, 7) is 9.52. The van der Waals surface area contributed by atoms with E-state index >= 15 is 0 Å². The largest absolute Gasteiger partial charge is 0.392 e.